The summed E-state index contributed by atoms with van der Waals surface area (Å²) in [5, 5.41) is 2.81. The summed E-state index contributed by atoms with van der Waals surface area (Å²) >= 11 is 3.32. The first-order valence-corrected chi connectivity index (χ1v) is 6.99. The van der Waals surface area contributed by atoms with E-state index in [1.54, 1.807) is 19.2 Å². The predicted molar refractivity (Wildman–Crippen MR) is 82.9 cm³/mol. The summed E-state index contributed by atoms with van der Waals surface area (Å²) in [7, 11) is 0. The molecule has 1 heterocycles. The minimum absolute atomic E-state index is 0.00650. The molecule has 1 N–H and O–H groups in total. The van der Waals surface area contributed by atoms with Crippen molar-refractivity contribution in [2.45, 2.75) is 20.4 Å². The largest absolute Gasteiger partial charge is 0.324 e. The number of para-hydroxylation sites is 1. The van der Waals surface area contributed by atoms with Crippen LogP contribution >= 0.6 is 15.9 Å². The molecular weight excluding hydrogens is 320 g/mol. The van der Waals surface area contributed by atoms with Crippen LogP contribution in [0.5, 0.6) is 0 Å². The number of anilines is 1. The van der Waals surface area contributed by atoms with Crippen molar-refractivity contribution in [1.29, 1.82) is 0 Å². The highest BCUT2D eigenvalue weighted by molar-refractivity contribution is 9.10. The molecule has 1 aromatic heterocycles. The van der Waals surface area contributed by atoms with Gasteiger partial charge in [-0.05, 0) is 47.5 Å². The van der Waals surface area contributed by atoms with Gasteiger partial charge in [-0.3, -0.25) is 9.59 Å². The number of amides is 1. The molecule has 4 nitrogen and oxygen atoms in total. The molecule has 2 aromatic rings. The molecule has 0 fully saturated rings. The van der Waals surface area contributed by atoms with Crippen LogP contribution in [0, 0.1) is 13.8 Å². The van der Waals surface area contributed by atoms with E-state index in [1.807, 2.05) is 31.2 Å². The van der Waals surface area contributed by atoms with Crippen molar-refractivity contribution in [3.8, 4) is 0 Å². The lowest BCUT2D eigenvalue weighted by molar-refractivity contribution is -0.116. The van der Waals surface area contributed by atoms with Gasteiger partial charge in [0.25, 0.3) is 5.56 Å². The summed E-state index contributed by atoms with van der Waals surface area (Å²) < 4.78 is 2.17. The van der Waals surface area contributed by atoms with Crippen molar-refractivity contribution in [2.75, 3.05) is 5.32 Å². The second-order valence-electron chi connectivity index (χ2n) is 4.64. The molecular formula is C15H15BrN2O2. The zero-order valence-electron chi connectivity index (χ0n) is 11.3. The van der Waals surface area contributed by atoms with Crippen molar-refractivity contribution < 1.29 is 4.79 Å². The number of rotatable bonds is 3. The van der Waals surface area contributed by atoms with E-state index in [-0.39, 0.29) is 18.0 Å². The molecule has 1 amide bonds. The molecule has 20 heavy (non-hydrogen) atoms. The maximum atomic E-state index is 12.0. The Hall–Kier alpha value is -1.88. The van der Waals surface area contributed by atoms with E-state index < -0.39 is 0 Å². The van der Waals surface area contributed by atoms with Gasteiger partial charge in [0, 0.05) is 21.9 Å². The van der Waals surface area contributed by atoms with Gasteiger partial charge in [0.05, 0.1) is 0 Å². The molecule has 2 rings (SSSR count). The molecule has 0 bridgehead atoms. The van der Waals surface area contributed by atoms with E-state index in [2.05, 4.69) is 21.2 Å². The SMILES string of the molecule is Cc1ccccc1NC(=O)Cn1cc(Br)cc(C)c1=O. The fourth-order valence-corrected chi connectivity index (χ4v) is 2.51. The number of hydrogen-bond donors (Lipinski definition) is 1. The van der Waals surface area contributed by atoms with Gasteiger partial charge in [0.2, 0.25) is 5.91 Å². The average molecular weight is 335 g/mol. The first kappa shape index (κ1) is 14.5. The zero-order valence-corrected chi connectivity index (χ0v) is 12.9. The first-order valence-electron chi connectivity index (χ1n) is 6.19. The van der Waals surface area contributed by atoms with E-state index >= 15 is 0 Å². The van der Waals surface area contributed by atoms with Crippen molar-refractivity contribution in [3.63, 3.8) is 0 Å². The van der Waals surface area contributed by atoms with Crippen LogP contribution in [0.2, 0.25) is 0 Å². The topological polar surface area (TPSA) is 51.1 Å². The molecule has 0 unspecified atom stereocenters. The summed E-state index contributed by atoms with van der Waals surface area (Å²) in [5.41, 5.74) is 2.19. The molecule has 0 saturated heterocycles. The Morgan fingerprint density at radius 3 is 2.65 bits per heavy atom. The molecule has 0 aliphatic heterocycles. The summed E-state index contributed by atoms with van der Waals surface area (Å²) in [6.45, 7) is 3.64. The second-order valence-corrected chi connectivity index (χ2v) is 5.55. The minimum atomic E-state index is -0.223. The fraction of sp³-hybridized carbons (Fsp3) is 0.200. The van der Waals surface area contributed by atoms with Gasteiger partial charge < -0.3 is 9.88 Å². The van der Waals surface area contributed by atoms with Crippen LogP contribution in [0.25, 0.3) is 0 Å². The van der Waals surface area contributed by atoms with E-state index in [4.69, 9.17) is 0 Å². The van der Waals surface area contributed by atoms with Crippen molar-refractivity contribution in [2.24, 2.45) is 0 Å². The first-order chi connectivity index (χ1) is 9.47. The normalized spacial score (nSPS) is 10.3. The van der Waals surface area contributed by atoms with Crippen LogP contribution in [-0.4, -0.2) is 10.5 Å². The number of carbonyl (C=O) groups is 1. The lowest BCUT2D eigenvalue weighted by atomic mass is 10.2. The zero-order chi connectivity index (χ0) is 14.7. The van der Waals surface area contributed by atoms with Gasteiger partial charge in [0.15, 0.2) is 0 Å². The van der Waals surface area contributed by atoms with Crippen LogP contribution in [0.4, 0.5) is 5.69 Å². The summed E-state index contributed by atoms with van der Waals surface area (Å²) in [6.07, 6.45) is 1.62. The van der Waals surface area contributed by atoms with Crippen LogP contribution in [0.3, 0.4) is 0 Å². The average Bonchev–Trinajstić information content (AvgIpc) is 2.38. The lowest BCUT2D eigenvalue weighted by Crippen LogP contribution is -2.28. The number of nitrogens with zero attached hydrogens (tertiary/aromatic N) is 1. The molecule has 0 radical (unpaired) electrons. The number of nitrogens with one attached hydrogen (secondary N) is 1. The van der Waals surface area contributed by atoms with Crippen LogP contribution in [0.15, 0.2) is 45.8 Å². The molecule has 1 aromatic carbocycles. The highest BCUT2D eigenvalue weighted by Crippen LogP contribution is 2.13. The number of pyridine rings is 1. The third-order valence-corrected chi connectivity index (χ3v) is 3.40. The summed E-state index contributed by atoms with van der Waals surface area (Å²) in [6, 6.07) is 9.26. The molecule has 5 heteroatoms. The Balaban J connectivity index is 2.17. The number of halogens is 1. The minimum Gasteiger partial charge on any atom is -0.324 e. The predicted octanol–water partition coefficient (Wildman–Crippen LogP) is 2.87. The van der Waals surface area contributed by atoms with Gasteiger partial charge >= 0.3 is 0 Å². The maximum Gasteiger partial charge on any atom is 0.253 e. The van der Waals surface area contributed by atoms with E-state index in [0.717, 1.165) is 15.7 Å². The van der Waals surface area contributed by atoms with E-state index in [0.29, 0.717) is 5.56 Å². The van der Waals surface area contributed by atoms with Gasteiger partial charge in [-0.2, -0.15) is 0 Å². The third-order valence-electron chi connectivity index (χ3n) is 2.96. The Kier molecular flexibility index (Phi) is 4.39. The molecule has 0 aliphatic carbocycles. The Bertz CT molecular complexity index is 707. The molecule has 0 aliphatic rings. The van der Waals surface area contributed by atoms with E-state index in [1.165, 1.54) is 4.57 Å². The van der Waals surface area contributed by atoms with Crippen molar-refractivity contribution in [1.82, 2.24) is 4.57 Å². The highest BCUT2D eigenvalue weighted by Gasteiger charge is 2.08. The van der Waals surface area contributed by atoms with Gasteiger partial charge in [-0.25, -0.2) is 0 Å². The number of aromatic nitrogens is 1. The lowest BCUT2D eigenvalue weighted by Gasteiger charge is -2.10. The summed E-state index contributed by atoms with van der Waals surface area (Å²) in [5.74, 6) is -0.223. The quantitative estimate of drug-likeness (QED) is 0.938. The highest BCUT2D eigenvalue weighted by atomic mass is 79.9. The van der Waals surface area contributed by atoms with E-state index in [9.17, 15) is 9.59 Å². The Morgan fingerprint density at radius 2 is 1.95 bits per heavy atom. The van der Waals surface area contributed by atoms with Crippen molar-refractivity contribution in [3.05, 3.63) is 62.5 Å². The van der Waals surface area contributed by atoms with Gasteiger partial charge in [0.1, 0.15) is 6.54 Å². The molecule has 0 saturated carbocycles. The fourth-order valence-electron chi connectivity index (χ4n) is 1.91. The second kappa shape index (κ2) is 6.05. The smallest absolute Gasteiger partial charge is 0.253 e. The van der Waals surface area contributed by atoms with Crippen LogP contribution in [0.1, 0.15) is 11.1 Å². The standard InChI is InChI=1S/C15H15BrN2O2/c1-10-5-3-4-6-13(10)17-14(19)9-18-8-12(16)7-11(2)15(18)20/h3-8H,9H2,1-2H3,(H,17,19). The molecule has 0 atom stereocenters. The number of carbonyl (C=O) groups excluding carboxylic acids is 1. The number of hydrogen-bond acceptors (Lipinski definition) is 2. The maximum absolute atomic E-state index is 12.0. The third kappa shape index (κ3) is 3.36. The summed E-state index contributed by atoms with van der Waals surface area (Å²) in [4.78, 5) is 24.0. The molecule has 0 spiro atoms. The Labute approximate surface area is 125 Å². The van der Waals surface area contributed by atoms with Crippen molar-refractivity contribution >= 4 is 27.5 Å². The van der Waals surface area contributed by atoms with Crippen LogP contribution < -0.4 is 10.9 Å². The molecule has 104 valence electrons. The number of aryl methyl sites for hydroxylation is 2. The number of benzene rings is 1. The monoisotopic (exact) mass is 334 g/mol. The van der Waals surface area contributed by atoms with Gasteiger partial charge in [-0.1, -0.05) is 18.2 Å². The van der Waals surface area contributed by atoms with Gasteiger partial charge in [-0.15, -0.1) is 0 Å². The van der Waals surface area contributed by atoms with Crippen LogP contribution in [-0.2, 0) is 11.3 Å². The Morgan fingerprint density at radius 1 is 1.25 bits per heavy atom.